The van der Waals surface area contributed by atoms with Crippen LogP contribution in [0.5, 0.6) is 0 Å². The van der Waals surface area contributed by atoms with Crippen molar-refractivity contribution in [3.8, 4) is 10.6 Å². The molecule has 0 saturated heterocycles. The van der Waals surface area contributed by atoms with Gasteiger partial charge in [0.15, 0.2) is 10.3 Å². The Morgan fingerprint density at radius 3 is 2.55 bits per heavy atom. The predicted molar refractivity (Wildman–Crippen MR) is 85.6 cm³/mol. The van der Waals surface area contributed by atoms with Crippen molar-refractivity contribution in [3.05, 3.63) is 11.1 Å². The third-order valence-corrected chi connectivity index (χ3v) is 4.15. The molecule has 0 aliphatic carbocycles. The average Bonchev–Trinajstić information content (AvgIpc) is 2.82. The zero-order valence-electron chi connectivity index (χ0n) is 12.2. The Balaban J connectivity index is 2.24. The lowest BCUT2D eigenvalue weighted by Crippen LogP contribution is -2.25. The van der Waals surface area contributed by atoms with Crippen molar-refractivity contribution in [2.24, 2.45) is 0 Å². The minimum Gasteiger partial charge on any atom is -0.357 e. The number of nitrogens with one attached hydrogen (secondary N) is 2. The fourth-order valence-electron chi connectivity index (χ4n) is 1.59. The molecule has 0 spiro atoms. The molecule has 0 aromatic carbocycles. The van der Waals surface area contributed by atoms with E-state index in [0.717, 1.165) is 21.4 Å². The molecule has 0 fully saturated rings. The maximum absolute atomic E-state index is 11.1. The van der Waals surface area contributed by atoms with Gasteiger partial charge in [-0.2, -0.15) is 0 Å². The number of amides is 1. The van der Waals surface area contributed by atoms with Crippen LogP contribution in [0.4, 0.5) is 10.3 Å². The van der Waals surface area contributed by atoms with Crippen molar-refractivity contribution >= 4 is 38.8 Å². The first-order valence-electron chi connectivity index (χ1n) is 6.24. The highest BCUT2D eigenvalue weighted by atomic mass is 32.1. The Morgan fingerprint density at radius 1 is 1.25 bits per heavy atom. The molecule has 1 amide bonds. The summed E-state index contributed by atoms with van der Waals surface area (Å²) in [7, 11) is 0. The Labute approximate surface area is 126 Å². The lowest BCUT2D eigenvalue weighted by molar-refractivity contribution is -0.114. The van der Waals surface area contributed by atoms with Crippen LogP contribution in [0.2, 0.25) is 0 Å². The number of aryl methyl sites for hydroxylation is 1. The lowest BCUT2D eigenvalue weighted by atomic mass is 10.1. The lowest BCUT2D eigenvalue weighted by Gasteiger charge is -2.19. The van der Waals surface area contributed by atoms with Gasteiger partial charge in [0.05, 0.1) is 16.3 Å². The minimum absolute atomic E-state index is 0.0147. The van der Waals surface area contributed by atoms with E-state index < -0.39 is 0 Å². The van der Waals surface area contributed by atoms with Gasteiger partial charge in [-0.15, -0.1) is 11.3 Å². The first kappa shape index (κ1) is 14.9. The van der Waals surface area contributed by atoms with Crippen LogP contribution in [-0.2, 0) is 4.79 Å². The summed E-state index contributed by atoms with van der Waals surface area (Å²) in [5.74, 6) is -0.112. The molecule has 2 aromatic rings. The molecule has 20 heavy (non-hydrogen) atoms. The molecule has 2 N–H and O–H groups in total. The molecule has 2 aromatic heterocycles. The minimum atomic E-state index is -0.112. The molecule has 7 heteroatoms. The first-order chi connectivity index (χ1) is 9.24. The SMILES string of the molecule is CC(=O)Nc1nc(C)c(-c2csc(NC(C)(C)C)n2)s1. The largest absolute Gasteiger partial charge is 0.357 e. The third-order valence-electron chi connectivity index (χ3n) is 2.30. The second-order valence-corrected chi connectivity index (χ2v) is 7.38. The monoisotopic (exact) mass is 310 g/mol. The zero-order chi connectivity index (χ0) is 14.9. The summed E-state index contributed by atoms with van der Waals surface area (Å²) in [6, 6.07) is 0. The van der Waals surface area contributed by atoms with Gasteiger partial charge in [0.25, 0.3) is 0 Å². The summed E-state index contributed by atoms with van der Waals surface area (Å²) in [5, 5.41) is 9.57. The van der Waals surface area contributed by atoms with Gasteiger partial charge < -0.3 is 10.6 Å². The van der Waals surface area contributed by atoms with Gasteiger partial charge in [-0.25, -0.2) is 9.97 Å². The fraction of sp³-hybridized carbons (Fsp3) is 0.462. The standard InChI is InChI=1S/C13H18N4OS2/c1-7-10(20-11(14-7)15-8(2)18)9-6-19-12(16-9)17-13(3,4)5/h6H,1-5H3,(H,16,17)(H,14,15,18). The van der Waals surface area contributed by atoms with Gasteiger partial charge >= 0.3 is 0 Å². The second-order valence-electron chi connectivity index (χ2n) is 5.53. The normalized spacial score (nSPS) is 11.4. The maximum atomic E-state index is 11.1. The highest BCUT2D eigenvalue weighted by Crippen LogP contribution is 2.34. The molecule has 5 nitrogen and oxygen atoms in total. The molecule has 0 aliphatic heterocycles. The van der Waals surface area contributed by atoms with Crippen LogP contribution in [-0.4, -0.2) is 21.4 Å². The molecule has 2 heterocycles. The van der Waals surface area contributed by atoms with Crippen molar-refractivity contribution in [3.63, 3.8) is 0 Å². The van der Waals surface area contributed by atoms with Crippen molar-refractivity contribution in [1.29, 1.82) is 0 Å². The van der Waals surface area contributed by atoms with Crippen LogP contribution in [0.3, 0.4) is 0 Å². The quantitative estimate of drug-likeness (QED) is 0.906. The highest BCUT2D eigenvalue weighted by Gasteiger charge is 2.16. The van der Waals surface area contributed by atoms with E-state index in [1.807, 2.05) is 12.3 Å². The van der Waals surface area contributed by atoms with Gasteiger partial charge in [0, 0.05) is 17.8 Å². The van der Waals surface area contributed by atoms with Crippen molar-refractivity contribution < 1.29 is 4.79 Å². The molecule has 0 saturated carbocycles. The molecule has 0 aliphatic rings. The molecule has 0 unspecified atom stereocenters. The zero-order valence-corrected chi connectivity index (χ0v) is 13.8. The Kier molecular flexibility index (Phi) is 4.10. The van der Waals surface area contributed by atoms with Crippen LogP contribution in [0.1, 0.15) is 33.4 Å². The molecular formula is C13H18N4OS2. The van der Waals surface area contributed by atoms with Crippen LogP contribution >= 0.6 is 22.7 Å². The number of thiazole rings is 2. The maximum Gasteiger partial charge on any atom is 0.223 e. The number of carbonyl (C=O) groups is 1. The van der Waals surface area contributed by atoms with E-state index in [1.165, 1.54) is 18.3 Å². The summed E-state index contributed by atoms with van der Waals surface area (Å²) in [5.41, 5.74) is 1.76. The van der Waals surface area contributed by atoms with E-state index in [4.69, 9.17) is 0 Å². The van der Waals surface area contributed by atoms with Gasteiger partial charge in [0.2, 0.25) is 5.91 Å². The number of hydrogen-bond donors (Lipinski definition) is 2. The third kappa shape index (κ3) is 3.77. The summed E-state index contributed by atoms with van der Waals surface area (Å²) >= 11 is 3.02. The molecule has 2 rings (SSSR count). The predicted octanol–water partition coefficient (Wildman–Crippen LogP) is 3.74. The smallest absolute Gasteiger partial charge is 0.223 e. The number of anilines is 2. The fourth-order valence-corrected chi connectivity index (χ4v) is 3.55. The topological polar surface area (TPSA) is 66.9 Å². The average molecular weight is 310 g/mol. The van der Waals surface area contributed by atoms with Crippen molar-refractivity contribution in [1.82, 2.24) is 9.97 Å². The molecular weight excluding hydrogens is 292 g/mol. The molecule has 108 valence electrons. The van der Waals surface area contributed by atoms with Gasteiger partial charge in [0.1, 0.15) is 0 Å². The van der Waals surface area contributed by atoms with Crippen LogP contribution in [0, 0.1) is 6.92 Å². The van der Waals surface area contributed by atoms with E-state index in [1.54, 1.807) is 11.3 Å². The van der Waals surface area contributed by atoms with Gasteiger partial charge in [-0.1, -0.05) is 11.3 Å². The Hall–Kier alpha value is -1.47. The van der Waals surface area contributed by atoms with E-state index in [0.29, 0.717) is 5.13 Å². The number of rotatable bonds is 3. The number of carbonyl (C=O) groups excluding carboxylic acids is 1. The van der Waals surface area contributed by atoms with Crippen LogP contribution < -0.4 is 10.6 Å². The van der Waals surface area contributed by atoms with Gasteiger partial charge in [-0.3, -0.25) is 4.79 Å². The van der Waals surface area contributed by atoms with Gasteiger partial charge in [-0.05, 0) is 27.7 Å². The molecule has 0 bridgehead atoms. The summed E-state index contributed by atoms with van der Waals surface area (Å²) in [6.45, 7) is 9.70. The Morgan fingerprint density at radius 2 is 1.95 bits per heavy atom. The summed E-state index contributed by atoms with van der Waals surface area (Å²) < 4.78 is 0. The number of aromatic nitrogens is 2. The van der Waals surface area contributed by atoms with E-state index >= 15 is 0 Å². The number of hydrogen-bond acceptors (Lipinski definition) is 6. The summed E-state index contributed by atoms with van der Waals surface area (Å²) in [4.78, 5) is 21.0. The molecule has 0 atom stereocenters. The van der Waals surface area contributed by atoms with E-state index in [-0.39, 0.29) is 11.4 Å². The van der Waals surface area contributed by atoms with Crippen LogP contribution in [0.25, 0.3) is 10.6 Å². The van der Waals surface area contributed by atoms with E-state index in [9.17, 15) is 4.79 Å². The Bertz CT molecular complexity index is 625. The highest BCUT2D eigenvalue weighted by molar-refractivity contribution is 7.19. The van der Waals surface area contributed by atoms with Crippen LogP contribution in [0.15, 0.2) is 5.38 Å². The van der Waals surface area contributed by atoms with E-state index in [2.05, 4.69) is 41.4 Å². The number of nitrogens with zero attached hydrogens (tertiary/aromatic N) is 2. The van der Waals surface area contributed by atoms with Crippen molar-refractivity contribution in [2.45, 2.75) is 40.2 Å². The second kappa shape index (κ2) is 5.49. The first-order valence-corrected chi connectivity index (χ1v) is 7.93. The van der Waals surface area contributed by atoms with Crippen molar-refractivity contribution in [2.75, 3.05) is 10.6 Å². The molecule has 0 radical (unpaired) electrons. The summed E-state index contributed by atoms with van der Waals surface area (Å²) in [6.07, 6.45) is 0.